The van der Waals surface area contributed by atoms with Crippen molar-refractivity contribution >= 4 is 23.5 Å². The SMILES string of the molecule is O=C(O)C1CCCC1C(=O)NCc1ccc(Cl)cc1. The van der Waals surface area contributed by atoms with Crippen molar-refractivity contribution in [2.45, 2.75) is 25.8 Å². The number of nitrogens with one attached hydrogen (secondary N) is 1. The third-order valence-corrected chi connectivity index (χ3v) is 3.80. The van der Waals surface area contributed by atoms with Gasteiger partial charge in [0.2, 0.25) is 5.91 Å². The zero-order valence-corrected chi connectivity index (χ0v) is 11.2. The van der Waals surface area contributed by atoms with Gasteiger partial charge < -0.3 is 10.4 Å². The van der Waals surface area contributed by atoms with Gasteiger partial charge in [0, 0.05) is 11.6 Å². The van der Waals surface area contributed by atoms with Crippen molar-refractivity contribution in [3.63, 3.8) is 0 Å². The van der Waals surface area contributed by atoms with Gasteiger partial charge in [-0.15, -0.1) is 0 Å². The Kier molecular flexibility index (Phi) is 4.43. The van der Waals surface area contributed by atoms with E-state index in [4.69, 9.17) is 16.7 Å². The Morgan fingerprint density at radius 1 is 1.21 bits per heavy atom. The van der Waals surface area contributed by atoms with Crippen LogP contribution >= 0.6 is 11.6 Å². The van der Waals surface area contributed by atoms with E-state index in [0.29, 0.717) is 24.4 Å². The van der Waals surface area contributed by atoms with Gasteiger partial charge in [-0.05, 0) is 30.5 Å². The summed E-state index contributed by atoms with van der Waals surface area (Å²) >= 11 is 5.78. The number of aliphatic carboxylic acids is 1. The van der Waals surface area contributed by atoms with Crippen LogP contribution in [-0.4, -0.2) is 17.0 Å². The number of rotatable bonds is 4. The molecule has 2 unspecified atom stereocenters. The summed E-state index contributed by atoms with van der Waals surface area (Å²) < 4.78 is 0. The van der Waals surface area contributed by atoms with Crippen LogP contribution < -0.4 is 5.32 Å². The van der Waals surface area contributed by atoms with Gasteiger partial charge in [-0.3, -0.25) is 9.59 Å². The Morgan fingerprint density at radius 3 is 2.47 bits per heavy atom. The van der Waals surface area contributed by atoms with Gasteiger partial charge >= 0.3 is 5.97 Å². The number of benzene rings is 1. The lowest BCUT2D eigenvalue weighted by Gasteiger charge is -2.15. The fourth-order valence-electron chi connectivity index (χ4n) is 2.49. The van der Waals surface area contributed by atoms with Crippen LogP contribution in [0.4, 0.5) is 0 Å². The highest BCUT2D eigenvalue weighted by Gasteiger charge is 2.37. The van der Waals surface area contributed by atoms with Crippen LogP contribution in [0.2, 0.25) is 5.02 Å². The molecule has 1 fully saturated rings. The molecule has 0 spiro atoms. The molecule has 0 saturated heterocycles. The molecule has 1 aliphatic carbocycles. The molecule has 102 valence electrons. The molecule has 2 N–H and O–H groups in total. The standard InChI is InChI=1S/C14H16ClNO3/c15-10-6-4-9(5-7-10)8-16-13(17)11-2-1-3-12(11)14(18)19/h4-7,11-12H,1-3,8H2,(H,16,17)(H,18,19). The quantitative estimate of drug-likeness (QED) is 0.891. The Morgan fingerprint density at radius 2 is 1.84 bits per heavy atom. The van der Waals surface area contributed by atoms with Crippen molar-refractivity contribution in [1.29, 1.82) is 0 Å². The maximum Gasteiger partial charge on any atom is 0.307 e. The maximum absolute atomic E-state index is 12.0. The van der Waals surface area contributed by atoms with E-state index >= 15 is 0 Å². The van der Waals surface area contributed by atoms with Crippen LogP contribution in [0.3, 0.4) is 0 Å². The van der Waals surface area contributed by atoms with Crippen molar-refractivity contribution < 1.29 is 14.7 Å². The normalized spacial score (nSPS) is 22.2. The van der Waals surface area contributed by atoms with Crippen LogP contribution in [0, 0.1) is 11.8 Å². The highest BCUT2D eigenvalue weighted by atomic mass is 35.5. The van der Waals surface area contributed by atoms with Crippen LogP contribution in [0.15, 0.2) is 24.3 Å². The summed E-state index contributed by atoms with van der Waals surface area (Å²) in [5.41, 5.74) is 0.947. The van der Waals surface area contributed by atoms with Gasteiger partial charge in [0.1, 0.15) is 0 Å². The predicted octanol–water partition coefficient (Wildman–Crippen LogP) is 2.46. The molecule has 5 heteroatoms. The zero-order valence-electron chi connectivity index (χ0n) is 10.4. The lowest BCUT2D eigenvalue weighted by molar-refractivity contribution is -0.146. The Labute approximate surface area is 116 Å². The molecular formula is C14H16ClNO3. The zero-order chi connectivity index (χ0) is 13.8. The van der Waals surface area contributed by atoms with Crippen molar-refractivity contribution in [3.8, 4) is 0 Å². The molecule has 1 aromatic rings. The third kappa shape index (κ3) is 3.47. The smallest absolute Gasteiger partial charge is 0.307 e. The minimum atomic E-state index is -0.871. The topological polar surface area (TPSA) is 66.4 Å². The first-order valence-electron chi connectivity index (χ1n) is 6.33. The summed E-state index contributed by atoms with van der Waals surface area (Å²) in [5, 5.41) is 12.5. The number of amides is 1. The van der Waals surface area contributed by atoms with E-state index in [9.17, 15) is 9.59 Å². The van der Waals surface area contributed by atoms with Gasteiger partial charge in [0.25, 0.3) is 0 Å². The maximum atomic E-state index is 12.0. The monoisotopic (exact) mass is 281 g/mol. The summed E-state index contributed by atoms with van der Waals surface area (Å²) in [5.74, 6) is -1.97. The predicted molar refractivity (Wildman–Crippen MR) is 71.8 cm³/mol. The van der Waals surface area contributed by atoms with Gasteiger partial charge in [-0.2, -0.15) is 0 Å². The second-order valence-corrected chi connectivity index (χ2v) is 5.26. The van der Waals surface area contributed by atoms with Crippen LogP contribution in [0.25, 0.3) is 0 Å². The Balaban J connectivity index is 1.90. The lowest BCUT2D eigenvalue weighted by Crippen LogP contribution is -2.34. The molecule has 2 rings (SSSR count). The van der Waals surface area contributed by atoms with Crippen molar-refractivity contribution in [2.24, 2.45) is 11.8 Å². The first-order valence-corrected chi connectivity index (χ1v) is 6.70. The molecule has 2 atom stereocenters. The van der Waals surface area contributed by atoms with Crippen LogP contribution in [0.1, 0.15) is 24.8 Å². The number of carbonyl (C=O) groups is 2. The first kappa shape index (κ1) is 13.9. The van der Waals surface area contributed by atoms with Gasteiger partial charge in [-0.25, -0.2) is 0 Å². The van der Waals surface area contributed by atoms with Crippen LogP contribution in [0.5, 0.6) is 0 Å². The van der Waals surface area contributed by atoms with Gasteiger partial charge in [0.05, 0.1) is 11.8 Å². The van der Waals surface area contributed by atoms with E-state index in [1.54, 1.807) is 12.1 Å². The van der Waals surface area contributed by atoms with Gasteiger partial charge in [-0.1, -0.05) is 30.2 Å². The molecule has 1 aliphatic rings. The Hall–Kier alpha value is -1.55. The second kappa shape index (κ2) is 6.06. The summed E-state index contributed by atoms with van der Waals surface area (Å²) in [7, 11) is 0. The van der Waals surface area contributed by atoms with E-state index in [-0.39, 0.29) is 5.91 Å². The summed E-state index contributed by atoms with van der Waals surface area (Å²) in [6, 6.07) is 7.20. The minimum absolute atomic E-state index is 0.167. The highest BCUT2D eigenvalue weighted by molar-refractivity contribution is 6.30. The molecule has 1 amide bonds. The molecule has 0 radical (unpaired) electrons. The number of hydrogen-bond acceptors (Lipinski definition) is 2. The van der Waals surface area contributed by atoms with Crippen LogP contribution in [-0.2, 0) is 16.1 Å². The largest absolute Gasteiger partial charge is 0.481 e. The molecule has 1 aromatic carbocycles. The van der Waals surface area contributed by atoms with E-state index < -0.39 is 17.8 Å². The van der Waals surface area contributed by atoms with Gasteiger partial charge in [0.15, 0.2) is 0 Å². The molecule has 19 heavy (non-hydrogen) atoms. The molecular weight excluding hydrogens is 266 g/mol. The highest BCUT2D eigenvalue weighted by Crippen LogP contribution is 2.32. The number of carboxylic acid groups (broad SMARTS) is 1. The third-order valence-electron chi connectivity index (χ3n) is 3.55. The summed E-state index contributed by atoms with van der Waals surface area (Å²) in [6.45, 7) is 0.402. The number of carboxylic acids is 1. The van der Waals surface area contributed by atoms with Crippen molar-refractivity contribution in [2.75, 3.05) is 0 Å². The molecule has 0 bridgehead atoms. The second-order valence-electron chi connectivity index (χ2n) is 4.83. The molecule has 4 nitrogen and oxygen atoms in total. The molecule has 0 aliphatic heterocycles. The van der Waals surface area contributed by atoms with E-state index in [0.717, 1.165) is 12.0 Å². The molecule has 0 aromatic heterocycles. The fourth-order valence-corrected chi connectivity index (χ4v) is 2.62. The number of halogens is 1. The first-order chi connectivity index (χ1) is 9.08. The number of hydrogen-bond donors (Lipinski definition) is 2. The average molecular weight is 282 g/mol. The average Bonchev–Trinajstić information content (AvgIpc) is 2.87. The fraction of sp³-hybridized carbons (Fsp3) is 0.429. The van der Waals surface area contributed by atoms with Crippen molar-refractivity contribution in [3.05, 3.63) is 34.9 Å². The Bertz CT molecular complexity index is 472. The summed E-state index contributed by atoms with van der Waals surface area (Å²) in [4.78, 5) is 23.0. The van der Waals surface area contributed by atoms with Crippen molar-refractivity contribution in [1.82, 2.24) is 5.32 Å². The minimum Gasteiger partial charge on any atom is -0.481 e. The van der Waals surface area contributed by atoms with E-state index in [1.807, 2.05) is 12.1 Å². The van der Waals surface area contributed by atoms with E-state index in [2.05, 4.69) is 5.32 Å². The number of carbonyl (C=O) groups excluding carboxylic acids is 1. The summed E-state index contributed by atoms with van der Waals surface area (Å²) in [6.07, 6.45) is 2.05. The molecule has 1 saturated carbocycles. The van der Waals surface area contributed by atoms with E-state index in [1.165, 1.54) is 0 Å². The lowest BCUT2D eigenvalue weighted by atomic mass is 9.95. The molecule has 0 heterocycles.